The monoisotopic (exact) mass is 355 g/mol. The van der Waals surface area contributed by atoms with Crippen molar-refractivity contribution in [2.45, 2.75) is 25.7 Å². The molecular weight excluding hydrogens is 334 g/mol. The molecule has 1 fully saturated rings. The first-order valence-electron chi connectivity index (χ1n) is 7.24. The van der Waals surface area contributed by atoms with Crippen LogP contribution in [-0.2, 0) is 14.3 Å². The number of carbonyl (C=O) groups excluding carboxylic acids is 1. The van der Waals surface area contributed by atoms with Gasteiger partial charge in [-0.25, -0.2) is 0 Å². The lowest BCUT2D eigenvalue weighted by Crippen LogP contribution is -2.37. The minimum Gasteiger partial charge on any atom is -0.350 e. The van der Waals surface area contributed by atoms with Crippen LogP contribution in [0.15, 0.2) is 30.3 Å². The summed E-state index contributed by atoms with van der Waals surface area (Å²) >= 11 is 3.44. The molecule has 0 aromatic heterocycles. The SMILES string of the molecule is C[C@H](c1ccccc1)N(C)C(=O)C(CBr)CC1OCCO1. The van der Waals surface area contributed by atoms with E-state index >= 15 is 0 Å². The predicted octanol–water partition coefficient (Wildman–Crippen LogP) is 2.98. The molecule has 0 saturated carbocycles. The average Bonchev–Trinajstić information content (AvgIpc) is 3.04. The molecule has 1 heterocycles. The van der Waals surface area contributed by atoms with E-state index in [-0.39, 0.29) is 24.2 Å². The highest BCUT2D eigenvalue weighted by atomic mass is 79.9. The summed E-state index contributed by atoms with van der Waals surface area (Å²) in [5.41, 5.74) is 1.13. The first kappa shape index (κ1) is 16.5. The van der Waals surface area contributed by atoms with Crippen LogP contribution in [0.4, 0.5) is 0 Å². The van der Waals surface area contributed by atoms with Crippen LogP contribution < -0.4 is 0 Å². The van der Waals surface area contributed by atoms with Crippen molar-refractivity contribution < 1.29 is 14.3 Å². The summed E-state index contributed by atoms with van der Waals surface area (Å²) in [4.78, 5) is 14.5. The van der Waals surface area contributed by atoms with Gasteiger partial charge in [0.2, 0.25) is 5.91 Å². The van der Waals surface area contributed by atoms with Crippen molar-refractivity contribution in [1.82, 2.24) is 4.90 Å². The molecule has 21 heavy (non-hydrogen) atoms. The maximum absolute atomic E-state index is 12.7. The van der Waals surface area contributed by atoms with Gasteiger partial charge in [-0.15, -0.1) is 0 Å². The van der Waals surface area contributed by atoms with Crippen LogP contribution in [0.1, 0.15) is 24.9 Å². The van der Waals surface area contributed by atoms with Gasteiger partial charge in [0.05, 0.1) is 25.2 Å². The number of alkyl halides is 1. The molecule has 1 saturated heterocycles. The Bertz CT molecular complexity index is 448. The summed E-state index contributed by atoms with van der Waals surface area (Å²) in [5.74, 6) is -0.0217. The van der Waals surface area contributed by atoms with Gasteiger partial charge >= 0.3 is 0 Å². The van der Waals surface area contributed by atoms with Gasteiger partial charge in [0.25, 0.3) is 0 Å². The first-order chi connectivity index (χ1) is 10.1. The topological polar surface area (TPSA) is 38.8 Å². The Labute approximate surface area is 134 Å². The van der Waals surface area contributed by atoms with Crippen molar-refractivity contribution >= 4 is 21.8 Å². The Hall–Kier alpha value is -0.910. The predicted molar refractivity (Wildman–Crippen MR) is 85.2 cm³/mol. The molecule has 2 rings (SSSR count). The van der Waals surface area contributed by atoms with E-state index in [0.717, 1.165) is 5.56 Å². The molecule has 1 aromatic carbocycles. The Morgan fingerprint density at radius 3 is 2.52 bits per heavy atom. The highest BCUT2D eigenvalue weighted by Gasteiger charge is 2.29. The third kappa shape index (κ3) is 4.28. The lowest BCUT2D eigenvalue weighted by Gasteiger charge is -2.29. The second-order valence-corrected chi connectivity index (χ2v) is 5.94. The van der Waals surface area contributed by atoms with Gasteiger partial charge in [0, 0.05) is 18.8 Å². The summed E-state index contributed by atoms with van der Waals surface area (Å²) in [6.45, 7) is 3.27. The van der Waals surface area contributed by atoms with Crippen molar-refractivity contribution in [1.29, 1.82) is 0 Å². The van der Waals surface area contributed by atoms with Gasteiger partial charge < -0.3 is 14.4 Å². The van der Waals surface area contributed by atoms with Gasteiger partial charge in [0.15, 0.2) is 6.29 Å². The maximum atomic E-state index is 12.7. The molecule has 0 bridgehead atoms. The zero-order valence-corrected chi connectivity index (χ0v) is 14.1. The van der Waals surface area contributed by atoms with Crippen LogP contribution in [0, 0.1) is 5.92 Å². The number of nitrogens with zero attached hydrogens (tertiary/aromatic N) is 1. The molecule has 0 spiro atoms. The highest BCUT2D eigenvalue weighted by molar-refractivity contribution is 9.09. The van der Waals surface area contributed by atoms with Crippen LogP contribution in [0.5, 0.6) is 0 Å². The molecule has 2 atom stereocenters. The van der Waals surface area contributed by atoms with E-state index in [0.29, 0.717) is 25.0 Å². The second kappa shape index (κ2) is 7.92. The van der Waals surface area contributed by atoms with Crippen molar-refractivity contribution in [2.75, 3.05) is 25.6 Å². The Kier molecular flexibility index (Phi) is 6.21. The molecule has 0 aliphatic carbocycles. The fraction of sp³-hybridized carbons (Fsp3) is 0.562. The smallest absolute Gasteiger partial charge is 0.226 e. The molecule has 1 aliphatic heterocycles. The molecule has 1 unspecified atom stereocenters. The van der Waals surface area contributed by atoms with E-state index in [2.05, 4.69) is 15.9 Å². The number of benzene rings is 1. The molecular formula is C16H22BrNO3. The Morgan fingerprint density at radius 1 is 1.33 bits per heavy atom. The number of ether oxygens (including phenoxy) is 2. The summed E-state index contributed by atoms with van der Waals surface area (Å²) in [6, 6.07) is 10.1. The fourth-order valence-corrected chi connectivity index (χ4v) is 2.98. The lowest BCUT2D eigenvalue weighted by molar-refractivity contribution is -0.139. The van der Waals surface area contributed by atoms with Gasteiger partial charge in [-0.05, 0) is 12.5 Å². The van der Waals surface area contributed by atoms with E-state index in [9.17, 15) is 4.79 Å². The summed E-state index contributed by atoms with van der Waals surface area (Å²) in [6.07, 6.45) is 0.340. The fourth-order valence-electron chi connectivity index (χ4n) is 2.44. The molecule has 0 radical (unpaired) electrons. The molecule has 4 nitrogen and oxygen atoms in total. The van der Waals surface area contributed by atoms with E-state index in [1.165, 1.54) is 0 Å². The van der Waals surface area contributed by atoms with Gasteiger partial charge in [-0.1, -0.05) is 46.3 Å². The van der Waals surface area contributed by atoms with Gasteiger partial charge in [-0.2, -0.15) is 0 Å². The third-order valence-electron chi connectivity index (χ3n) is 3.91. The van der Waals surface area contributed by atoms with Crippen LogP contribution in [0.25, 0.3) is 0 Å². The number of carbonyl (C=O) groups is 1. The molecule has 1 amide bonds. The van der Waals surface area contributed by atoms with E-state index in [1.807, 2.05) is 44.3 Å². The molecule has 0 N–H and O–H groups in total. The Balaban J connectivity index is 1.98. The quantitative estimate of drug-likeness (QED) is 0.736. The minimum atomic E-state index is -0.253. The van der Waals surface area contributed by atoms with Crippen LogP contribution >= 0.6 is 15.9 Å². The van der Waals surface area contributed by atoms with Gasteiger partial charge in [-0.3, -0.25) is 4.79 Å². The molecule has 1 aromatic rings. The summed E-state index contributed by atoms with van der Waals surface area (Å²) < 4.78 is 10.9. The zero-order chi connectivity index (χ0) is 15.2. The van der Waals surface area contributed by atoms with E-state index in [4.69, 9.17) is 9.47 Å². The number of hydrogen-bond acceptors (Lipinski definition) is 3. The lowest BCUT2D eigenvalue weighted by atomic mass is 10.0. The largest absolute Gasteiger partial charge is 0.350 e. The van der Waals surface area contributed by atoms with Gasteiger partial charge in [0.1, 0.15) is 0 Å². The van der Waals surface area contributed by atoms with Crippen molar-refractivity contribution in [2.24, 2.45) is 5.92 Å². The van der Waals surface area contributed by atoms with Crippen LogP contribution in [-0.4, -0.2) is 42.7 Å². The number of hydrogen-bond donors (Lipinski definition) is 0. The van der Waals surface area contributed by atoms with Crippen LogP contribution in [0.2, 0.25) is 0 Å². The average molecular weight is 356 g/mol. The minimum absolute atomic E-state index is 0.0469. The normalized spacial score (nSPS) is 18.4. The molecule has 116 valence electrons. The Morgan fingerprint density at radius 2 is 1.95 bits per heavy atom. The van der Waals surface area contributed by atoms with Crippen molar-refractivity contribution in [3.8, 4) is 0 Å². The number of amides is 1. The number of rotatable bonds is 6. The summed E-state index contributed by atoms with van der Waals surface area (Å²) in [7, 11) is 1.85. The molecule has 1 aliphatic rings. The van der Waals surface area contributed by atoms with Crippen molar-refractivity contribution in [3.63, 3.8) is 0 Å². The van der Waals surface area contributed by atoms with Crippen LogP contribution in [0.3, 0.4) is 0 Å². The maximum Gasteiger partial charge on any atom is 0.226 e. The van der Waals surface area contributed by atoms with E-state index in [1.54, 1.807) is 4.90 Å². The highest BCUT2D eigenvalue weighted by Crippen LogP contribution is 2.24. The number of halogens is 1. The summed E-state index contributed by atoms with van der Waals surface area (Å²) in [5, 5.41) is 0.612. The first-order valence-corrected chi connectivity index (χ1v) is 8.36. The standard InChI is InChI=1S/C16H22BrNO3/c1-12(13-6-4-3-5-7-13)18(2)16(19)14(11-17)10-15-20-8-9-21-15/h3-7,12,14-15H,8-11H2,1-2H3/t12-,14?/m1/s1. The van der Waals surface area contributed by atoms with Crippen molar-refractivity contribution in [3.05, 3.63) is 35.9 Å². The molecule has 5 heteroatoms. The second-order valence-electron chi connectivity index (χ2n) is 5.29. The third-order valence-corrected chi connectivity index (χ3v) is 4.70. The zero-order valence-electron chi connectivity index (χ0n) is 12.5. The van der Waals surface area contributed by atoms with E-state index < -0.39 is 0 Å².